The fraction of sp³-hybridized carbons (Fsp3) is 0.0909. The molecule has 0 fully saturated rings. The van der Waals surface area contributed by atoms with E-state index in [-0.39, 0.29) is 0 Å². The number of aromatic amines is 1. The second kappa shape index (κ2) is 4.36. The molecule has 0 atom stereocenters. The van der Waals surface area contributed by atoms with Gasteiger partial charge in [-0.25, -0.2) is 4.98 Å². The highest BCUT2D eigenvalue weighted by Crippen LogP contribution is 2.18. The molecule has 4 N–H and O–H groups in total. The molecule has 0 amide bonds. The molecule has 0 radical (unpaired) electrons. The van der Waals surface area contributed by atoms with E-state index < -0.39 is 0 Å². The zero-order valence-corrected chi connectivity index (χ0v) is 8.57. The van der Waals surface area contributed by atoms with Crippen molar-refractivity contribution < 1.29 is 0 Å². The van der Waals surface area contributed by atoms with E-state index in [0.29, 0.717) is 17.8 Å². The average molecular weight is 213 g/mol. The third-order valence-electron chi connectivity index (χ3n) is 2.17. The Bertz CT molecular complexity index is 510. The van der Waals surface area contributed by atoms with Crippen LogP contribution in [0.15, 0.2) is 30.6 Å². The number of nitrogens with one attached hydrogen (secondary N) is 2. The first-order chi connectivity index (χ1) is 7.79. The summed E-state index contributed by atoms with van der Waals surface area (Å²) in [5, 5.41) is 12.1. The Morgan fingerprint density at radius 1 is 1.50 bits per heavy atom. The number of H-pyrrole nitrogens is 1. The summed E-state index contributed by atoms with van der Waals surface area (Å²) in [6.45, 7) is 0.547. The molecule has 16 heavy (non-hydrogen) atoms. The van der Waals surface area contributed by atoms with E-state index in [0.717, 1.165) is 11.5 Å². The van der Waals surface area contributed by atoms with E-state index in [4.69, 9.17) is 11.0 Å². The number of nitriles is 1. The second-order valence-corrected chi connectivity index (χ2v) is 3.31. The van der Waals surface area contributed by atoms with Crippen LogP contribution in [0, 0.1) is 11.3 Å². The number of rotatable bonds is 3. The Kier molecular flexibility index (Phi) is 2.74. The predicted octanol–water partition coefficient (Wildman–Crippen LogP) is 1.48. The Labute approximate surface area is 92.9 Å². The van der Waals surface area contributed by atoms with Gasteiger partial charge in [0.15, 0.2) is 0 Å². The van der Waals surface area contributed by atoms with Crippen molar-refractivity contribution in [2.75, 3.05) is 11.1 Å². The number of hydrogen-bond donors (Lipinski definition) is 3. The van der Waals surface area contributed by atoms with Crippen LogP contribution < -0.4 is 11.1 Å². The molecule has 5 nitrogen and oxygen atoms in total. The predicted molar refractivity (Wildman–Crippen MR) is 61.5 cm³/mol. The molecule has 2 rings (SSSR count). The number of hydrogen-bond acceptors (Lipinski definition) is 4. The Balaban J connectivity index is 2.13. The van der Waals surface area contributed by atoms with Crippen LogP contribution in [0.2, 0.25) is 0 Å². The first kappa shape index (κ1) is 10.1. The van der Waals surface area contributed by atoms with Crippen LogP contribution in [0.25, 0.3) is 0 Å². The SMILES string of the molecule is N#Cc1cc(N)ccc1NCc1ncc[nH]1. The largest absolute Gasteiger partial charge is 0.399 e. The van der Waals surface area contributed by atoms with Crippen LogP contribution in [0.5, 0.6) is 0 Å². The van der Waals surface area contributed by atoms with Crippen LogP contribution in [0.3, 0.4) is 0 Å². The van der Waals surface area contributed by atoms with Crippen molar-refractivity contribution in [2.45, 2.75) is 6.54 Å². The third-order valence-corrected chi connectivity index (χ3v) is 2.17. The van der Waals surface area contributed by atoms with Crippen molar-refractivity contribution in [3.63, 3.8) is 0 Å². The van der Waals surface area contributed by atoms with Crippen molar-refractivity contribution >= 4 is 11.4 Å². The van der Waals surface area contributed by atoms with Crippen LogP contribution in [-0.2, 0) is 6.54 Å². The highest BCUT2D eigenvalue weighted by atomic mass is 15.0. The van der Waals surface area contributed by atoms with Gasteiger partial charge in [-0.3, -0.25) is 0 Å². The molecule has 0 bridgehead atoms. The molecule has 1 aromatic carbocycles. The molecule has 1 aromatic heterocycles. The highest BCUT2D eigenvalue weighted by molar-refractivity contribution is 5.62. The summed E-state index contributed by atoms with van der Waals surface area (Å²) in [7, 11) is 0. The van der Waals surface area contributed by atoms with Crippen molar-refractivity contribution in [1.82, 2.24) is 9.97 Å². The highest BCUT2D eigenvalue weighted by Gasteiger charge is 2.02. The van der Waals surface area contributed by atoms with E-state index in [9.17, 15) is 0 Å². The molecule has 5 heteroatoms. The zero-order valence-electron chi connectivity index (χ0n) is 8.57. The molecule has 2 aromatic rings. The van der Waals surface area contributed by atoms with E-state index >= 15 is 0 Å². The number of nitrogens with two attached hydrogens (primary N) is 1. The van der Waals surface area contributed by atoms with Crippen LogP contribution in [0.4, 0.5) is 11.4 Å². The summed E-state index contributed by atoms with van der Waals surface area (Å²) in [6.07, 6.45) is 3.44. The normalized spacial score (nSPS) is 9.69. The standard InChI is InChI=1S/C11H11N5/c12-6-8-5-9(13)1-2-10(8)16-7-11-14-3-4-15-11/h1-5,16H,7,13H2,(H,14,15). The Morgan fingerprint density at radius 2 is 2.38 bits per heavy atom. The van der Waals surface area contributed by atoms with Crippen LogP contribution in [-0.4, -0.2) is 9.97 Å². The third kappa shape index (κ3) is 2.12. The van der Waals surface area contributed by atoms with Gasteiger partial charge in [0, 0.05) is 18.1 Å². The van der Waals surface area contributed by atoms with Gasteiger partial charge in [0.05, 0.1) is 17.8 Å². The van der Waals surface area contributed by atoms with Gasteiger partial charge in [-0.05, 0) is 18.2 Å². The first-order valence-corrected chi connectivity index (χ1v) is 4.81. The minimum Gasteiger partial charge on any atom is -0.399 e. The molecule has 1 heterocycles. The monoisotopic (exact) mass is 213 g/mol. The smallest absolute Gasteiger partial charge is 0.125 e. The van der Waals surface area contributed by atoms with E-state index in [1.54, 1.807) is 30.6 Å². The van der Waals surface area contributed by atoms with Gasteiger partial charge < -0.3 is 16.0 Å². The maximum Gasteiger partial charge on any atom is 0.125 e. The van der Waals surface area contributed by atoms with E-state index in [1.807, 2.05) is 0 Å². The molecular weight excluding hydrogens is 202 g/mol. The van der Waals surface area contributed by atoms with Gasteiger partial charge in [-0.1, -0.05) is 0 Å². The number of nitrogen functional groups attached to an aromatic ring is 1. The quantitative estimate of drug-likeness (QED) is 0.673. The summed E-state index contributed by atoms with van der Waals surface area (Å²) < 4.78 is 0. The fourth-order valence-corrected chi connectivity index (χ4v) is 1.38. The maximum absolute atomic E-state index is 8.93. The lowest BCUT2D eigenvalue weighted by Gasteiger charge is -2.06. The fourth-order valence-electron chi connectivity index (χ4n) is 1.38. The summed E-state index contributed by atoms with van der Waals surface area (Å²) in [5.41, 5.74) is 7.47. The van der Waals surface area contributed by atoms with Gasteiger partial charge in [-0.2, -0.15) is 5.26 Å². The maximum atomic E-state index is 8.93. The summed E-state index contributed by atoms with van der Waals surface area (Å²) in [5.74, 6) is 0.820. The number of imidazole rings is 1. The molecule has 0 aliphatic carbocycles. The molecule has 0 aliphatic heterocycles. The zero-order chi connectivity index (χ0) is 11.4. The minimum absolute atomic E-state index is 0.534. The van der Waals surface area contributed by atoms with Gasteiger partial charge in [0.2, 0.25) is 0 Å². The minimum atomic E-state index is 0.534. The number of benzene rings is 1. The van der Waals surface area contributed by atoms with Crippen LogP contribution >= 0.6 is 0 Å². The first-order valence-electron chi connectivity index (χ1n) is 4.81. The van der Waals surface area contributed by atoms with Crippen molar-refractivity contribution in [1.29, 1.82) is 5.26 Å². The molecule has 0 spiro atoms. The number of nitrogens with zero attached hydrogens (tertiary/aromatic N) is 2. The van der Waals surface area contributed by atoms with Crippen molar-refractivity contribution in [3.05, 3.63) is 42.0 Å². The molecule has 0 saturated carbocycles. The topological polar surface area (TPSA) is 90.5 Å². The lowest BCUT2D eigenvalue weighted by Crippen LogP contribution is -2.03. The van der Waals surface area contributed by atoms with E-state index in [2.05, 4.69) is 21.4 Å². The lowest BCUT2D eigenvalue weighted by atomic mass is 10.1. The van der Waals surface area contributed by atoms with Gasteiger partial charge in [0.25, 0.3) is 0 Å². The molecule has 80 valence electrons. The van der Waals surface area contributed by atoms with Crippen molar-refractivity contribution in [3.8, 4) is 6.07 Å². The van der Waals surface area contributed by atoms with Gasteiger partial charge >= 0.3 is 0 Å². The molecule has 0 saturated heterocycles. The Morgan fingerprint density at radius 3 is 3.06 bits per heavy atom. The molecule has 0 unspecified atom stereocenters. The average Bonchev–Trinajstić information content (AvgIpc) is 2.80. The van der Waals surface area contributed by atoms with Crippen LogP contribution in [0.1, 0.15) is 11.4 Å². The van der Waals surface area contributed by atoms with E-state index in [1.165, 1.54) is 0 Å². The Hall–Kier alpha value is -2.48. The summed E-state index contributed by atoms with van der Waals surface area (Å²) in [4.78, 5) is 7.05. The van der Waals surface area contributed by atoms with Gasteiger partial charge in [0.1, 0.15) is 11.9 Å². The number of anilines is 2. The summed E-state index contributed by atoms with van der Waals surface area (Å²) in [6, 6.07) is 7.28. The van der Waals surface area contributed by atoms with Gasteiger partial charge in [-0.15, -0.1) is 0 Å². The molecular formula is C11H11N5. The van der Waals surface area contributed by atoms with Crippen molar-refractivity contribution in [2.24, 2.45) is 0 Å². The number of aromatic nitrogens is 2. The summed E-state index contributed by atoms with van der Waals surface area (Å²) >= 11 is 0. The lowest BCUT2D eigenvalue weighted by molar-refractivity contribution is 0.999. The molecule has 0 aliphatic rings. The second-order valence-electron chi connectivity index (χ2n) is 3.31.